The van der Waals surface area contributed by atoms with Crippen LogP contribution in [0.25, 0.3) is 0 Å². The van der Waals surface area contributed by atoms with Crippen molar-refractivity contribution in [2.24, 2.45) is 0 Å². The third-order valence-corrected chi connectivity index (χ3v) is 3.94. The number of hydrogen-bond acceptors (Lipinski definition) is 1. The molecule has 0 unspecified atom stereocenters. The van der Waals surface area contributed by atoms with Gasteiger partial charge in [-0.3, -0.25) is 0 Å². The van der Waals surface area contributed by atoms with Gasteiger partial charge in [0.05, 0.1) is 26.2 Å². The van der Waals surface area contributed by atoms with E-state index in [1.165, 1.54) is 82.0 Å². The first-order valence-corrected chi connectivity index (χ1v) is 8.09. The molecule has 0 bridgehead atoms. The maximum Gasteiger partial charge on any atom is 0.0786 e. The summed E-state index contributed by atoms with van der Waals surface area (Å²) in [5, 5.41) is 0. The van der Waals surface area contributed by atoms with Gasteiger partial charge >= 0.3 is 0 Å². The lowest BCUT2D eigenvalue weighted by atomic mass is 10.1. The Hall–Kier alpha value is 0.690. The zero-order chi connectivity index (χ0) is 13.0. The molecule has 3 N–H and O–H groups in total. The summed E-state index contributed by atoms with van der Waals surface area (Å²) in [6.45, 7) is 15.0. The maximum atomic E-state index is 2.33. The molecule has 4 heteroatoms. The van der Waals surface area contributed by atoms with Crippen LogP contribution < -0.4 is 23.1 Å². The van der Waals surface area contributed by atoms with E-state index < -0.39 is 0 Å². The van der Waals surface area contributed by atoms with Crippen LogP contribution in [0.2, 0.25) is 0 Å². The summed E-state index contributed by atoms with van der Waals surface area (Å²) < 4.78 is 1.42. The monoisotopic (exact) mass is 374 g/mol. The van der Waals surface area contributed by atoms with Crippen LogP contribution in [-0.2, 0) is 0 Å². The van der Waals surface area contributed by atoms with E-state index >= 15 is 0 Å². The van der Waals surface area contributed by atoms with E-state index in [1.54, 1.807) is 0 Å². The Labute approximate surface area is 145 Å². The second kappa shape index (κ2) is 19.7. The molecule has 2 nitrogen and oxygen atoms in total. The quantitative estimate of drug-likeness (QED) is 0.523. The Morgan fingerprint density at radius 3 is 0.900 bits per heavy atom. The van der Waals surface area contributed by atoms with Gasteiger partial charge in [-0.05, 0) is 25.7 Å². The Balaban J connectivity index is -0.000000427. The average molecular weight is 376 g/mol. The lowest BCUT2D eigenvalue weighted by Crippen LogP contribution is -3.00. The van der Waals surface area contributed by atoms with Crippen LogP contribution in [0.4, 0.5) is 0 Å². The first-order chi connectivity index (χ1) is 8.24. The fourth-order valence-corrected chi connectivity index (χ4v) is 2.64. The largest absolute Gasteiger partial charge is 1.00 e. The number of nitrogens with zero attached hydrogens (tertiary/aromatic N) is 1. The average Bonchev–Trinajstić information content (AvgIpc) is 2.37. The van der Waals surface area contributed by atoms with Crippen LogP contribution in [-0.4, -0.2) is 30.7 Å². The molecule has 0 atom stereocenters. The standard InChI is InChI=1S/C16H36N.BrH.ClH.H3N/c1-5-9-13-17(14-10-6-2,15-11-7-3)16-12-8-4;;;/h5-16H2,1-4H3;2*1H;1H3/q+1;;;/p-1. The highest BCUT2D eigenvalue weighted by Gasteiger charge is 2.24. The van der Waals surface area contributed by atoms with Crippen LogP contribution in [0.5, 0.6) is 0 Å². The van der Waals surface area contributed by atoms with E-state index in [4.69, 9.17) is 0 Å². The van der Waals surface area contributed by atoms with Crippen molar-refractivity contribution in [3.05, 3.63) is 0 Å². The minimum Gasteiger partial charge on any atom is -1.00 e. The molecule has 0 spiro atoms. The van der Waals surface area contributed by atoms with Crippen LogP contribution in [0.15, 0.2) is 0 Å². The highest BCUT2D eigenvalue weighted by molar-refractivity contribution is 5.85. The van der Waals surface area contributed by atoms with Crippen molar-refractivity contribution in [1.82, 2.24) is 6.15 Å². The zero-order valence-corrected chi connectivity index (χ0v) is 16.8. The molecule has 0 fully saturated rings. The normalized spacial score (nSPS) is 10.2. The molecule has 0 radical (unpaired) electrons. The molecule has 0 aromatic rings. The number of hydrogen-bond donors (Lipinski definition) is 1. The SMILES string of the molecule is CCCC[N+](CCCC)(CCCC)CCCC.Cl.N.[Br-]. The van der Waals surface area contributed by atoms with Crippen LogP contribution >= 0.6 is 12.4 Å². The topological polar surface area (TPSA) is 35.0 Å². The lowest BCUT2D eigenvalue weighted by Gasteiger charge is -2.39. The molecule has 0 aliphatic heterocycles. The molecule has 20 heavy (non-hydrogen) atoms. The van der Waals surface area contributed by atoms with E-state index in [9.17, 15) is 0 Å². The molecule has 0 aromatic heterocycles. The van der Waals surface area contributed by atoms with Gasteiger partial charge in [0.25, 0.3) is 0 Å². The van der Waals surface area contributed by atoms with Gasteiger partial charge in [0.1, 0.15) is 0 Å². The Morgan fingerprint density at radius 1 is 0.550 bits per heavy atom. The van der Waals surface area contributed by atoms with E-state index in [1.807, 2.05) is 0 Å². The van der Waals surface area contributed by atoms with Gasteiger partial charge in [0.15, 0.2) is 0 Å². The zero-order valence-electron chi connectivity index (χ0n) is 14.4. The van der Waals surface area contributed by atoms with Gasteiger partial charge in [-0.15, -0.1) is 12.4 Å². The molecule has 128 valence electrons. The molecule has 0 saturated heterocycles. The molecular weight excluding hydrogens is 336 g/mol. The summed E-state index contributed by atoms with van der Waals surface area (Å²) in [7, 11) is 0. The third kappa shape index (κ3) is 13.7. The second-order valence-corrected chi connectivity index (χ2v) is 5.65. The van der Waals surface area contributed by atoms with Gasteiger partial charge in [0, 0.05) is 0 Å². The van der Waals surface area contributed by atoms with Crippen molar-refractivity contribution in [1.29, 1.82) is 0 Å². The highest BCUT2D eigenvalue weighted by atomic mass is 79.9. The number of quaternary nitrogens is 1. The van der Waals surface area contributed by atoms with E-state index in [-0.39, 0.29) is 35.5 Å². The van der Waals surface area contributed by atoms with Gasteiger partial charge in [-0.2, -0.15) is 0 Å². The van der Waals surface area contributed by atoms with E-state index in [2.05, 4.69) is 27.7 Å². The Morgan fingerprint density at radius 2 is 0.750 bits per heavy atom. The lowest BCUT2D eigenvalue weighted by molar-refractivity contribution is -0.929. The summed E-state index contributed by atoms with van der Waals surface area (Å²) >= 11 is 0. The molecule has 0 aromatic carbocycles. The molecule has 0 rings (SSSR count). The molecule has 0 amide bonds. The number of halogens is 2. The predicted octanol–water partition coefficient (Wildman–Crippen LogP) is 2.59. The molecule has 0 aliphatic rings. The summed E-state index contributed by atoms with van der Waals surface area (Å²) in [4.78, 5) is 0. The maximum absolute atomic E-state index is 2.33. The van der Waals surface area contributed by atoms with Gasteiger partial charge in [-0.1, -0.05) is 53.4 Å². The molecule has 0 aliphatic carbocycles. The smallest absolute Gasteiger partial charge is 0.0786 e. The minimum absolute atomic E-state index is 0. The fraction of sp³-hybridized carbons (Fsp3) is 1.00. The first-order valence-electron chi connectivity index (χ1n) is 8.09. The molecule has 0 heterocycles. The summed E-state index contributed by atoms with van der Waals surface area (Å²) in [6.07, 6.45) is 11.1. The summed E-state index contributed by atoms with van der Waals surface area (Å²) in [5.74, 6) is 0. The minimum atomic E-state index is 0. The Bertz CT molecular complexity index is 131. The summed E-state index contributed by atoms with van der Waals surface area (Å²) in [5.41, 5.74) is 0. The van der Waals surface area contributed by atoms with E-state index in [0.717, 1.165) is 0 Å². The van der Waals surface area contributed by atoms with Crippen molar-refractivity contribution >= 4 is 12.4 Å². The van der Waals surface area contributed by atoms with Crippen molar-refractivity contribution in [2.75, 3.05) is 26.2 Å². The van der Waals surface area contributed by atoms with Gasteiger partial charge in [-0.25, -0.2) is 0 Å². The fourth-order valence-electron chi connectivity index (χ4n) is 2.64. The number of unbranched alkanes of at least 4 members (excludes halogenated alkanes) is 4. The van der Waals surface area contributed by atoms with Crippen molar-refractivity contribution in [3.8, 4) is 0 Å². The third-order valence-electron chi connectivity index (χ3n) is 3.94. The van der Waals surface area contributed by atoms with Gasteiger partial charge in [0.2, 0.25) is 0 Å². The number of rotatable bonds is 12. The van der Waals surface area contributed by atoms with Crippen molar-refractivity contribution in [3.63, 3.8) is 0 Å². The van der Waals surface area contributed by atoms with Crippen LogP contribution in [0, 0.1) is 0 Å². The van der Waals surface area contributed by atoms with E-state index in [0.29, 0.717) is 0 Å². The molecular formula is C16H40BrClN2. The summed E-state index contributed by atoms with van der Waals surface area (Å²) in [6, 6.07) is 0. The molecule has 0 saturated carbocycles. The predicted molar refractivity (Wildman–Crippen MR) is 91.6 cm³/mol. The second-order valence-electron chi connectivity index (χ2n) is 5.65. The Kier molecular flexibility index (Phi) is 28.4. The van der Waals surface area contributed by atoms with Crippen molar-refractivity contribution < 1.29 is 21.5 Å². The van der Waals surface area contributed by atoms with Crippen LogP contribution in [0.3, 0.4) is 0 Å². The van der Waals surface area contributed by atoms with Crippen LogP contribution in [0.1, 0.15) is 79.1 Å². The van der Waals surface area contributed by atoms with Gasteiger partial charge < -0.3 is 27.6 Å². The highest BCUT2D eigenvalue weighted by Crippen LogP contribution is 2.16. The van der Waals surface area contributed by atoms with Crippen molar-refractivity contribution in [2.45, 2.75) is 79.1 Å². The first kappa shape index (κ1) is 28.8.